The Morgan fingerprint density at radius 3 is 1.50 bits per heavy atom. The van der Waals surface area contributed by atoms with Crippen molar-refractivity contribution < 1.29 is 38.1 Å². The molecule has 0 spiro atoms. The lowest BCUT2D eigenvalue weighted by atomic mass is 9.92. The van der Waals surface area contributed by atoms with Gasteiger partial charge in [0.1, 0.15) is 29.7 Å². The second kappa shape index (κ2) is 30.4. The van der Waals surface area contributed by atoms with E-state index in [9.17, 15) is 14.4 Å². The van der Waals surface area contributed by atoms with Crippen molar-refractivity contribution in [3.05, 3.63) is 96.6 Å². The highest BCUT2D eigenvalue weighted by Crippen LogP contribution is 2.19. The highest BCUT2D eigenvalue weighted by molar-refractivity contribution is 5.84. The molecular weight excluding hydrogens is 607 g/mol. The third kappa shape index (κ3) is 21.8. The minimum absolute atomic E-state index is 0. The van der Waals surface area contributed by atoms with Crippen LogP contribution in [0.5, 0.6) is 11.5 Å². The van der Waals surface area contributed by atoms with E-state index in [2.05, 4.69) is 0 Å². The number of benzene rings is 3. The van der Waals surface area contributed by atoms with E-state index in [1.165, 1.54) is 6.92 Å². The number of carbonyl (C=O) groups is 3. The van der Waals surface area contributed by atoms with Crippen molar-refractivity contribution in [2.24, 2.45) is 5.92 Å². The fourth-order valence-corrected chi connectivity index (χ4v) is 4.26. The van der Waals surface area contributed by atoms with Crippen molar-refractivity contribution in [3.8, 4) is 11.5 Å². The molecule has 48 heavy (non-hydrogen) atoms. The number of methoxy groups -OCH3 is 2. The lowest BCUT2D eigenvalue weighted by Gasteiger charge is -2.23. The van der Waals surface area contributed by atoms with Crippen molar-refractivity contribution in [3.63, 3.8) is 0 Å². The van der Waals surface area contributed by atoms with Crippen molar-refractivity contribution in [1.82, 2.24) is 0 Å². The number of ether oxygens (including phenoxy) is 5. The van der Waals surface area contributed by atoms with E-state index in [-0.39, 0.29) is 68.8 Å². The second-order valence-electron chi connectivity index (χ2n) is 10.0. The summed E-state index contributed by atoms with van der Waals surface area (Å²) in [4.78, 5) is 35.2. The molecule has 0 N–H and O–H groups in total. The maximum atomic E-state index is 12.2. The van der Waals surface area contributed by atoms with Crippen LogP contribution in [0.3, 0.4) is 0 Å². The van der Waals surface area contributed by atoms with Gasteiger partial charge in [-0.3, -0.25) is 14.4 Å². The highest BCUT2D eigenvalue weighted by Gasteiger charge is 2.29. The lowest BCUT2D eigenvalue weighted by molar-refractivity contribution is -0.150. The van der Waals surface area contributed by atoms with Gasteiger partial charge in [-0.15, -0.1) is 0 Å². The minimum Gasteiger partial charge on any atom is -0.493 e. The third-order valence-corrected chi connectivity index (χ3v) is 6.62. The zero-order valence-corrected chi connectivity index (χ0v) is 26.2. The van der Waals surface area contributed by atoms with E-state index < -0.39 is 18.0 Å². The van der Waals surface area contributed by atoms with Gasteiger partial charge in [-0.25, -0.2) is 0 Å². The fourth-order valence-electron chi connectivity index (χ4n) is 4.26. The molecule has 8 nitrogen and oxygen atoms in total. The molecule has 9 heteroatoms. The summed E-state index contributed by atoms with van der Waals surface area (Å²) in [6.45, 7) is 4.20. The minimum atomic E-state index is -0.558. The first kappa shape index (κ1) is 50.9. The normalized spacial score (nSPS) is 11.2. The molecule has 3 atom stereocenters. The van der Waals surface area contributed by atoms with Crippen LogP contribution in [0.25, 0.3) is 0 Å². The number of carbonyl (C=O) groups excluding carboxylic acids is 3. The van der Waals surface area contributed by atoms with Crippen molar-refractivity contribution in [1.29, 1.82) is 0 Å². The molecule has 0 heterocycles. The number of Topliss-reactive ketones (excluding diaryl/α,β-unsaturated/α-hetero) is 2. The number of ketones is 2. The number of esters is 1. The lowest BCUT2D eigenvalue weighted by Crippen LogP contribution is -2.32. The quantitative estimate of drug-likeness (QED) is 0.0986. The first-order chi connectivity index (χ1) is 20.8. The first-order valence-electron chi connectivity index (χ1n) is 14.4. The summed E-state index contributed by atoms with van der Waals surface area (Å²) < 4.78 is 27.2. The van der Waals surface area contributed by atoms with Crippen LogP contribution in [0.4, 0.5) is 0 Å². The molecule has 3 aromatic rings. The maximum Gasteiger partial charge on any atom is 0.306 e. The summed E-state index contributed by atoms with van der Waals surface area (Å²) in [5.74, 6) is 0.682. The second-order valence-corrected chi connectivity index (χ2v) is 10.0. The van der Waals surface area contributed by atoms with Gasteiger partial charge in [-0.2, -0.15) is 0 Å². The molecule has 3 unspecified atom stereocenters. The Labute approximate surface area is 293 Å². The standard InChI is InChI=1S/C22H26O5.C13H18O3.4CH4.B/c1-17(23)20(15-22(24)27-16-18-9-5-3-6-10-18)21(25-2)13-14-26-19-11-7-4-8-12-19;1-11(14)10-13(15-2)8-9-16-12-6-4-3-5-7-12;;;;;/h3-12,20-21H,13-16H2,1-2H3;3-7,13H,8-10H2,1-2H3;4*1H4;. The van der Waals surface area contributed by atoms with Crippen LogP contribution in [-0.2, 0) is 35.2 Å². The molecule has 0 aromatic heterocycles. The smallest absolute Gasteiger partial charge is 0.306 e. The molecule has 0 aliphatic heterocycles. The van der Waals surface area contributed by atoms with Crippen LogP contribution in [0.15, 0.2) is 91.0 Å². The highest BCUT2D eigenvalue weighted by atomic mass is 16.5. The molecule has 0 aliphatic rings. The van der Waals surface area contributed by atoms with Crippen molar-refractivity contribution in [2.75, 3.05) is 27.4 Å². The van der Waals surface area contributed by atoms with Gasteiger partial charge in [0, 0.05) is 41.9 Å². The fraction of sp³-hybridized carbons (Fsp3) is 0.462. The third-order valence-electron chi connectivity index (χ3n) is 6.62. The Morgan fingerprint density at radius 1 is 0.625 bits per heavy atom. The molecular formula is C39H60BO8. The Morgan fingerprint density at radius 2 is 1.08 bits per heavy atom. The first-order valence-corrected chi connectivity index (χ1v) is 14.4. The summed E-state index contributed by atoms with van der Waals surface area (Å²) in [5, 5.41) is 0. The molecule has 3 rings (SSSR count). The van der Waals surface area contributed by atoms with Gasteiger partial charge >= 0.3 is 5.97 Å². The number of rotatable bonds is 18. The van der Waals surface area contributed by atoms with E-state index in [1.54, 1.807) is 21.1 Å². The van der Waals surface area contributed by atoms with E-state index in [0.29, 0.717) is 26.1 Å². The van der Waals surface area contributed by atoms with Gasteiger partial charge in [0.25, 0.3) is 0 Å². The molecule has 3 aromatic carbocycles. The van der Waals surface area contributed by atoms with E-state index in [0.717, 1.165) is 23.5 Å². The van der Waals surface area contributed by atoms with Crippen LogP contribution < -0.4 is 9.47 Å². The Bertz CT molecular complexity index is 1190. The number of para-hydroxylation sites is 2. The predicted octanol–water partition coefficient (Wildman–Crippen LogP) is 8.42. The van der Waals surface area contributed by atoms with Gasteiger partial charge < -0.3 is 23.7 Å². The molecule has 3 radical (unpaired) electrons. The topological polar surface area (TPSA) is 97.4 Å². The van der Waals surface area contributed by atoms with Gasteiger partial charge in [0.05, 0.1) is 37.8 Å². The summed E-state index contributed by atoms with van der Waals surface area (Å²) in [6.07, 6.45) is 1.23. The van der Waals surface area contributed by atoms with Gasteiger partial charge in [0.15, 0.2) is 0 Å². The summed E-state index contributed by atoms with van der Waals surface area (Å²) in [5.41, 5.74) is 0.907. The molecule has 267 valence electrons. The average molecular weight is 668 g/mol. The van der Waals surface area contributed by atoms with Gasteiger partial charge in [-0.05, 0) is 43.7 Å². The average Bonchev–Trinajstić information content (AvgIpc) is 3.02. The van der Waals surface area contributed by atoms with E-state index in [4.69, 9.17) is 23.7 Å². The number of hydrogen-bond acceptors (Lipinski definition) is 8. The largest absolute Gasteiger partial charge is 0.493 e. The Kier molecular flexibility index (Phi) is 32.2. The van der Waals surface area contributed by atoms with Crippen molar-refractivity contribution in [2.45, 2.75) is 88.1 Å². The Hall–Kier alpha value is -3.95. The zero-order chi connectivity index (χ0) is 31.3. The van der Waals surface area contributed by atoms with Crippen LogP contribution >= 0.6 is 0 Å². The Balaban J connectivity index is -0.000000403. The zero-order valence-electron chi connectivity index (χ0n) is 26.2. The summed E-state index contributed by atoms with van der Waals surface area (Å²) in [6, 6.07) is 28.5. The van der Waals surface area contributed by atoms with E-state index in [1.807, 2.05) is 91.0 Å². The van der Waals surface area contributed by atoms with Crippen LogP contribution in [0.2, 0.25) is 0 Å². The summed E-state index contributed by atoms with van der Waals surface area (Å²) in [7, 11) is 3.16. The summed E-state index contributed by atoms with van der Waals surface area (Å²) >= 11 is 0. The monoisotopic (exact) mass is 667 g/mol. The predicted molar refractivity (Wildman–Crippen MR) is 198 cm³/mol. The van der Waals surface area contributed by atoms with Crippen LogP contribution in [0, 0.1) is 5.92 Å². The maximum absolute atomic E-state index is 12.2. The number of hydrogen-bond donors (Lipinski definition) is 0. The van der Waals surface area contributed by atoms with E-state index >= 15 is 0 Å². The van der Waals surface area contributed by atoms with Crippen LogP contribution in [0.1, 0.15) is 74.8 Å². The van der Waals surface area contributed by atoms with Crippen molar-refractivity contribution >= 4 is 25.9 Å². The molecule has 0 amide bonds. The molecule has 0 aliphatic carbocycles. The molecule has 0 fully saturated rings. The molecule has 0 saturated heterocycles. The van der Waals surface area contributed by atoms with Gasteiger partial charge in [0.2, 0.25) is 0 Å². The molecule has 0 saturated carbocycles. The van der Waals surface area contributed by atoms with Crippen LogP contribution in [-0.4, -0.2) is 65.6 Å². The molecule has 0 bridgehead atoms. The SMILES string of the molecule is C.C.C.C.COC(CCOc1ccccc1)C(CC(=O)OCc1ccccc1)C(C)=O.COC(CCOc1ccccc1)CC(C)=O.[B]. The van der Waals surface area contributed by atoms with Gasteiger partial charge in [-0.1, -0.05) is 96.4 Å².